The van der Waals surface area contributed by atoms with E-state index in [2.05, 4.69) is 19.1 Å². The van der Waals surface area contributed by atoms with E-state index in [1.54, 1.807) is 0 Å². The number of aliphatic carboxylic acids is 1. The predicted molar refractivity (Wildman–Crippen MR) is 109 cm³/mol. The average molecular weight is 357 g/mol. The largest absolute Gasteiger partial charge is 0.481 e. The van der Waals surface area contributed by atoms with E-state index in [4.69, 9.17) is 5.11 Å². The second-order valence-electron chi connectivity index (χ2n) is 7.14. The van der Waals surface area contributed by atoms with E-state index in [1.807, 2.05) is 0 Å². The molecule has 25 heavy (non-hydrogen) atoms. The summed E-state index contributed by atoms with van der Waals surface area (Å²) in [4.78, 5) is 10.4. The molecule has 0 aromatic carbocycles. The van der Waals surface area contributed by atoms with Crippen molar-refractivity contribution in [3.8, 4) is 0 Å². The molecule has 0 aromatic heterocycles. The van der Waals surface area contributed by atoms with E-state index in [9.17, 15) is 4.79 Å². The lowest BCUT2D eigenvalue weighted by Crippen LogP contribution is -1.93. The standard InChI is InChI=1S/C22H42O2.H2O/c1-2-3-4-5-6-7-8-9-10-11-12-13-14-15-16-17-18-19-20-21-22(23)24;/h9-10H,2-8,11-21H2,1H3,(H,23,24);1H2/b10-9-;. The molecule has 0 aromatic rings. The van der Waals surface area contributed by atoms with Gasteiger partial charge in [-0.2, -0.15) is 0 Å². The fourth-order valence-electron chi connectivity index (χ4n) is 3.05. The van der Waals surface area contributed by atoms with Crippen molar-refractivity contribution < 1.29 is 15.4 Å². The molecule has 3 nitrogen and oxygen atoms in total. The fourth-order valence-corrected chi connectivity index (χ4v) is 3.05. The van der Waals surface area contributed by atoms with E-state index < -0.39 is 5.97 Å². The van der Waals surface area contributed by atoms with Crippen molar-refractivity contribution in [1.29, 1.82) is 0 Å². The van der Waals surface area contributed by atoms with Crippen LogP contribution in [0, 0.1) is 0 Å². The topological polar surface area (TPSA) is 68.8 Å². The molecule has 0 rings (SSSR count). The average Bonchev–Trinajstić information content (AvgIpc) is 2.56. The zero-order chi connectivity index (χ0) is 17.7. The highest BCUT2D eigenvalue weighted by Crippen LogP contribution is 2.12. The van der Waals surface area contributed by atoms with E-state index >= 15 is 0 Å². The summed E-state index contributed by atoms with van der Waals surface area (Å²) in [6, 6.07) is 0. The number of rotatable bonds is 19. The number of hydrogen-bond donors (Lipinski definition) is 1. The van der Waals surface area contributed by atoms with Crippen LogP contribution in [0.15, 0.2) is 12.2 Å². The molecule has 0 radical (unpaired) electrons. The lowest BCUT2D eigenvalue weighted by atomic mass is 10.1. The summed E-state index contributed by atoms with van der Waals surface area (Å²) in [7, 11) is 0. The van der Waals surface area contributed by atoms with Crippen LogP contribution < -0.4 is 0 Å². The van der Waals surface area contributed by atoms with Gasteiger partial charge >= 0.3 is 5.97 Å². The maximum atomic E-state index is 10.4. The Morgan fingerprint density at radius 3 is 1.40 bits per heavy atom. The minimum atomic E-state index is -0.656. The van der Waals surface area contributed by atoms with Crippen LogP contribution in [0.5, 0.6) is 0 Å². The summed E-state index contributed by atoms with van der Waals surface area (Å²) in [5, 5.41) is 8.55. The lowest BCUT2D eigenvalue weighted by molar-refractivity contribution is -0.137. The van der Waals surface area contributed by atoms with Gasteiger partial charge in [-0.05, 0) is 32.1 Å². The number of allylic oxidation sites excluding steroid dienone is 2. The molecule has 0 aliphatic rings. The van der Waals surface area contributed by atoms with Crippen molar-refractivity contribution >= 4 is 5.97 Å². The van der Waals surface area contributed by atoms with Gasteiger partial charge in [0, 0.05) is 6.42 Å². The summed E-state index contributed by atoms with van der Waals surface area (Å²) >= 11 is 0. The fraction of sp³-hybridized carbons (Fsp3) is 0.864. The third-order valence-corrected chi connectivity index (χ3v) is 4.65. The van der Waals surface area contributed by atoms with Crippen LogP contribution in [0.3, 0.4) is 0 Å². The van der Waals surface area contributed by atoms with Crippen molar-refractivity contribution in [1.82, 2.24) is 0 Å². The van der Waals surface area contributed by atoms with Crippen LogP contribution in [0.4, 0.5) is 0 Å². The number of carboxylic acid groups (broad SMARTS) is 1. The first-order chi connectivity index (χ1) is 11.8. The molecular formula is C22H44O3. The van der Waals surface area contributed by atoms with Crippen LogP contribution in [-0.2, 0) is 4.79 Å². The van der Waals surface area contributed by atoms with Gasteiger partial charge in [0.2, 0.25) is 0 Å². The third kappa shape index (κ3) is 25.5. The van der Waals surface area contributed by atoms with Crippen molar-refractivity contribution in [2.75, 3.05) is 0 Å². The molecule has 0 saturated heterocycles. The lowest BCUT2D eigenvalue weighted by Gasteiger charge is -2.01. The summed E-state index contributed by atoms with van der Waals surface area (Å²) < 4.78 is 0. The second-order valence-corrected chi connectivity index (χ2v) is 7.14. The summed E-state index contributed by atoms with van der Waals surface area (Å²) in [6.45, 7) is 2.27. The van der Waals surface area contributed by atoms with Gasteiger partial charge in [-0.25, -0.2) is 0 Å². The minimum Gasteiger partial charge on any atom is -0.481 e. The molecule has 0 aliphatic carbocycles. The number of carboxylic acids is 1. The van der Waals surface area contributed by atoms with E-state index in [-0.39, 0.29) is 5.48 Å². The maximum Gasteiger partial charge on any atom is 0.303 e. The predicted octanol–water partition coefficient (Wildman–Crippen LogP) is 6.84. The zero-order valence-corrected chi connectivity index (χ0v) is 16.7. The maximum absolute atomic E-state index is 10.4. The van der Waals surface area contributed by atoms with Gasteiger partial charge in [0.25, 0.3) is 0 Å². The number of unbranched alkanes of at least 4 members (excludes halogenated alkanes) is 15. The quantitative estimate of drug-likeness (QED) is 0.203. The Bertz CT molecular complexity index is 287. The molecule has 0 unspecified atom stereocenters. The van der Waals surface area contributed by atoms with Crippen molar-refractivity contribution in [3.63, 3.8) is 0 Å². The van der Waals surface area contributed by atoms with Crippen LogP contribution in [0.25, 0.3) is 0 Å². The Balaban J connectivity index is 0. The van der Waals surface area contributed by atoms with Crippen LogP contribution in [0.2, 0.25) is 0 Å². The van der Waals surface area contributed by atoms with Crippen molar-refractivity contribution in [2.45, 2.75) is 122 Å². The Hall–Kier alpha value is -0.830. The Morgan fingerprint density at radius 1 is 0.640 bits per heavy atom. The SMILES string of the molecule is CCCCCCCC/C=C\CCCCCCCCCCCC(=O)O.O. The van der Waals surface area contributed by atoms with E-state index in [0.29, 0.717) is 6.42 Å². The smallest absolute Gasteiger partial charge is 0.303 e. The number of hydrogen-bond acceptors (Lipinski definition) is 1. The third-order valence-electron chi connectivity index (χ3n) is 4.65. The summed E-state index contributed by atoms with van der Waals surface area (Å²) in [6.07, 6.45) is 27.1. The van der Waals surface area contributed by atoms with E-state index in [0.717, 1.165) is 12.8 Å². The Morgan fingerprint density at radius 2 is 1.00 bits per heavy atom. The van der Waals surface area contributed by atoms with Gasteiger partial charge in [-0.3, -0.25) is 4.79 Å². The van der Waals surface area contributed by atoms with Gasteiger partial charge in [-0.1, -0.05) is 96.1 Å². The molecule has 3 N–H and O–H groups in total. The minimum absolute atomic E-state index is 0. The zero-order valence-electron chi connectivity index (χ0n) is 16.7. The van der Waals surface area contributed by atoms with Crippen molar-refractivity contribution in [2.24, 2.45) is 0 Å². The molecule has 0 atom stereocenters. The highest BCUT2D eigenvalue weighted by atomic mass is 16.4. The molecule has 0 bridgehead atoms. The molecule has 3 heteroatoms. The molecule has 0 saturated carbocycles. The van der Waals surface area contributed by atoms with Gasteiger partial charge in [-0.15, -0.1) is 0 Å². The van der Waals surface area contributed by atoms with Crippen LogP contribution in [-0.4, -0.2) is 16.6 Å². The van der Waals surface area contributed by atoms with Gasteiger partial charge in [0.1, 0.15) is 0 Å². The Kier molecular flexibility index (Phi) is 24.5. The van der Waals surface area contributed by atoms with Crippen molar-refractivity contribution in [3.05, 3.63) is 12.2 Å². The molecule has 0 spiro atoms. The molecule has 0 heterocycles. The highest BCUT2D eigenvalue weighted by Gasteiger charge is 1.96. The van der Waals surface area contributed by atoms with Gasteiger partial charge in [0.15, 0.2) is 0 Å². The number of carbonyl (C=O) groups is 1. The molecule has 0 amide bonds. The monoisotopic (exact) mass is 356 g/mol. The molecule has 0 aliphatic heterocycles. The molecule has 150 valence electrons. The first-order valence-corrected chi connectivity index (χ1v) is 10.6. The molecule has 0 fully saturated rings. The summed E-state index contributed by atoms with van der Waals surface area (Å²) in [5.41, 5.74) is 0. The van der Waals surface area contributed by atoms with Crippen LogP contribution in [0.1, 0.15) is 122 Å². The Labute approximate surface area is 156 Å². The first kappa shape index (κ1) is 26.4. The normalized spacial score (nSPS) is 10.9. The highest BCUT2D eigenvalue weighted by molar-refractivity contribution is 5.66. The van der Waals surface area contributed by atoms with E-state index in [1.165, 1.54) is 96.3 Å². The molecular weight excluding hydrogens is 312 g/mol. The first-order valence-electron chi connectivity index (χ1n) is 10.6. The van der Waals surface area contributed by atoms with Crippen LogP contribution >= 0.6 is 0 Å². The van der Waals surface area contributed by atoms with Gasteiger partial charge < -0.3 is 10.6 Å². The second kappa shape index (κ2) is 23.2. The summed E-state index contributed by atoms with van der Waals surface area (Å²) in [5.74, 6) is -0.656. The van der Waals surface area contributed by atoms with Gasteiger partial charge in [0.05, 0.1) is 0 Å².